The first-order valence-corrected chi connectivity index (χ1v) is 24.4. The number of fused-ring (bicyclic) bond motifs is 2. The fourth-order valence-electron chi connectivity index (χ4n) is 7.41. The minimum atomic E-state index is -3.48. The first-order valence-electron chi connectivity index (χ1n) is 21.4. The normalized spacial score (nSPS) is 11.0. The molecule has 0 atom stereocenters. The molecule has 0 aliphatic rings. The lowest BCUT2D eigenvalue weighted by atomic mass is 9.98. The third-order valence-corrected chi connectivity index (χ3v) is 14.0. The average Bonchev–Trinajstić information content (AvgIpc) is 3.84. The Hall–Kier alpha value is -6.29. The number of aryl methyl sites for hydroxylation is 3. The fraction of sp³-hybridized carbons (Fsp3) is 0.130. The van der Waals surface area contributed by atoms with Crippen molar-refractivity contribution in [2.24, 2.45) is 5.84 Å². The number of carbonyl (C=O) groups excluding carboxylic acids is 1. The van der Waals surface area contributed by atoms with Crippen molar-refractivity contribution in [1.82, 2.24) is 14.3 Å². The van der Waals surface area contributed by atoms with Crippen LogP contribution < -0.4 is 11.3 Å². The van der Waals surface area contributed by atoms with Gasteiger partial charge in [-0.05, 0) is 152 Å². The van der Waals surface area contributed by atoms with Crippen LogP contribution in [0.2, 0.25) is 0 Å². The van der Waals surface area contributed by atoms with Crippen molar-refractivity contribution in [1.29, 1.82) is 0 Å². The number of sulfonamides is 1. The zero-order chi connectivity index (χ0) is 49.3. The quantitative estimate of drug-likeness (QED) is 0.0685. The SMILES string of the molecule is CCC(=O)c1ccccc1F.Cc1c(-c2ccccc2F)[nH]c2ccc(Br)cc12.Cc1cc(S(=O)(=O)N(C)C)ccc1-c1ccc2[nH]c(-c3ccccc3F)c(C)c2c1.NNc1ccc(Br)cc1. The fourth-order valence-corrected chi connectivity index (χ4v) is 9.03. The Balaban J connectivity index is 0.000000168. The molecule has 7 aromatic carbocycles. The van der Waals surface area contributed by atoms with E-state index < -0.39 is 15.8 Å². The highest BCUT2D eigenvalue weighted by atomic mass is 79.9. The smallest absolute Gasteiger partial charge is 0.242 e. The zero-order valence-corrected chi connectivity index (χ0v) is 42.2. The summed E-state index contributed by atoms with van der Waals surface area (Å²) in [4.78, 5) is 17.9. The number of nitrogens with zero attached hydrogens (tertiary/aromatic N) is 1. The van der Waals surface area contributed by atoms with Crippen molar-refractivity contribution in [2.45, 2.75) is 39.0 Å². The number of H-pyrrole nitrogens is 2. The molecule has 0 radical (unpaired) electrons. The second kappa shape index (κ2) is 22.7. The van der Waals surface area contributed by atoms with Crippen molar-refractivity contribution in [3.63, 3.8) is 0 Å². The van der Waals surface area contributed by atoms with Crippen LogP contribution in [-0.4, -0.2) is 42.6 Å². The molecule has 350 valence electrons. The molecule has 0 aliphatic carbocycles. The summed E-state index contributed by atoms with van der Waals surface area (Å²) in [7, 11) is -0.434. The van der Waals surface area contributed by atoms with Crippen molar-refractivity contribution in [3.05, 3.63) is 200 Å². The Kier molecular flexibility index (Phi) is 17.0. The van der Waals surface area contributed by atoms with Crippen LogP contribution >= 0.6 is 31.9 Å². The molecule has 0 amide bonds. The van der Waals surface area contributed by atoms with Gasteiger partial charge in [-0.25, -0.2) is 25.9 Å². The second-order valence-electron chi connectivity index (χ2n) is 15.8. The van der Waals surface area contributed by atoms with Gasteiger partial charge in [0.15, 0.2) is 5.78 Å². The van der Waals surface area contributed by atoms with Gasteiger partial charge in [0.05, 0.1) is 21.8 Å². The van der Waals surface area contributed by atoms with Gasteiger partial charge >= 0.3 is 0 Å². The molecule has 68 heavy (non-hydrogen) atoms. The molecule has 0 unspecified atom stereocenters. The van der Waals surface area contributed by atoms with Gasteiger partial charge in [0, 0.05) is 68.1 Å². The molecule has 0 spiro atoms. The van der Waals surface area contributed by atoms with Gasteiger partial charge in [-0.3, -0.25) is 10.6 Å². The largest absolute Gasteiger partial charge is 0.354 e. The van der Waals surface area contributed by atoms with Gasteiger partial charge in [-0.2, -0.15) is 0 Å². The number of aromatic amines is 2. The van der Waals surface area contributed by atoms with Crippen LogP contribution in [0.25, 0.3) is 55.4 Å². The van der Waals surface area contributed by atoms with E-state index in [9.17, 15) is 26.4 Å². The molecule has 0 saturated carbocycles. The van der Waals surface area contributed by atoms with Crippen molar-refractivity contribution in [3.8, 4) is 33.6 Å². The topological polar surface area (TPSA) is 124 Å². The minimum absolute atomic E-state index is 0.150. The lowest BCUT2D eigenvalue weighted by molar-refractivity contribution is 0.0984. The van der Waals surface area contributed by atoms with Crippen molar-refractivity contribution < 1.29 is 26.4 Å². The number of anilines is 1. The number of hydrazine groups is 1. The van der Waals surface area contributed by atoms with Gasteiger partial charge in [0.1, 0.15) is 17.5 Å². The molecule has 9 aromatic rings. The summed E-state index contributed by atoms with van der Waals surface area (Å²) in [6.07, 6.45) is 0.348. The maximum absolute atomic E-state index is 14.3. The molecular formula is C54H50Br2F3N5O3S. The summed E-state index contributed by atoms with van der Waals surface area (Å²) in [5, 5.41) is 2.12. The van der Waals surface area contributed by atoms with Gasteiger partial charge in [-0.1, -0.05) is 87.3 Å². The van der Waals surface area contributed by atoms with E-state index in [1.165, 1.54) is 42.7 Å². The third-order valence-electron chi connectivity index (χ3n) is 11.2. The second-order valence-corrected chi connectivity index (χ2v) is 19.8. The van der Waals surface area contributed by atoms with Crippen LogP contribution in [0.4, 0.5) is 18.9 Å². The Labute approximate surface area is 411 Å². The first kappa shape index (κ1) is 51.1. The number of rotatable bonds is 8. The molecule has 0 bridgehead atoms. The lowest BCUT2D eigenvalue weighted by Crippen LogP contribution is -2.22. The number of halogens is 5. The van der Waals surface area contributed by atoms with Crippen LogP contribution in [0.3, 0.4) is 0 Å². The number of nitrogen functional groups attached to an aromatic ring is 1. The summed E-state index contributed by atoms with van der Waals surface area (Å²) < 4.78 is 69.0. The highest BCUT2D eigenvalue weighted by Crippen LogP contribution is 2.36. The number of carbonyl (C=O) groups is 1. The number of ketones is 1. The van der Waals surface area contributed by atoms with E-state index in [1.807, 2.05) is 93.6 Å². The Morgan fingerprint density at radius 2 is 1.12 bits per heavy atom. The van der Waals surface area contributed by atoms with Crippen LogP contribution in [0.5, 0.6) is 0 Å². The first-order chi connectivity index (χ1) is 32.4. The van der Waals surface area contributed by atoms with E-state index in [-0.39, 0.29) is 27.9 Å². The van der Waals surface area contributed by atoms with Crippen molar-refractivity contribution in [2.75, 3.05) is 19.5 Å². The van der Waals surface area contributed by atoms with Crippen molar-refractivity contribution >= 4 is 75.2 Å². The number of hydrogen-bond acceptors (Lipinski definition) is 5. The number of nitrogens with one attached hydrogen (secondary N) is 3. The number of Topliss-reactive ketones (excluding diaryl/α,β-unsaturated/α-hetero) is 1. The zero-order valence-electron chi connectivity index (χ0n) is 38.2. The van der Waals surface area contributed by atoms with E-state index in [2.05, 4.69) is 53.3 Å². The van der Waals surface area contributed by atoms with Crippen LogP contribution in [-0.2, 0) is 10.0 Å². The molecule has 0 aliphatic heterocycles. The van der Waals surface area contributed by atoms with Gasteiger partial charge in [-0.15, -0.1) is 0 Å². The van der Waals surface area contributed by atoms with E-state index in [0.717, 1.165) is 75.6 Å². The highest BCUT2D eigenvalue weighted by Gasteiger charge is 2.19. The Bertz CT molecular complexity index is 3340. The predicted octanol–water partition coefficient (Wildman–Crippen LogP) is 14.7. The number of aromatic nitrogens is 2. The van der Waals surface area contributed by atoms with E-state index in [4.69, 9.17) is 5.84 Å². The summed E-state index contributed by atoms with van der Waals surface area (Å²) in [5.74, 6) is 4.09. The number of nitrogens with two attached hydrogens (primary N) is 1. The summed E-state index contributed by atoms with van der Waals surface area (Å²) in [6, 6.07) is 44.4. The van der Waals surface area contributed by atoms with Crippen LogP contribution in [0.1, 0.15) is 40.4 Å². The van der Waals surface area contributed by atoms with Gasteiger partial charge < -0.3 is 15.4 Å². The maximum atomic E-state index is 14.3. The molecule has 9 rings (SSSR count). The molecule has 5 N–H and O–H groups in total. The average molecular weight is 1070 g/mol. The van der Waals surface area contributed by atoms with Crippen LogP contribution in [0.15, 0.2) is 166 Å². The summed E-state index contributed by atoms with van der Waals surface area (Å²) in [6.45, 7) is 7.61. The molecule has 8 nitrogen and oxygen atoms in total. The van der Waals surface area contributed by atoms with Gasteiger partial charge in [0.2, 0.25) is 10.0 Å². The molecule has 0 saturated heterocycles. The third kappa shape index (κ3) is 11.9. The van der Waals surface area contributed by atoms with Crippen LogP contribution in [0, 0.1) is 38.2 Å². The molecule has 0 fully saturated rings. The Morgan fingerprint density at radius 1 is 0.618 bits per heavy atom. The number of benzene rings is 7. The summed E-state index contributed by atoms with van der Waals surface area (Å²) in [5.41, 5.74) is 13.2. The lowest BCUT2D eigenvalue weighted by Gasteiger charge is -2.14. The van der Waals surface area contributed by atoms with Gasteiger partial charge in [0.25, 0.3) is 0 Å². The highest BCUT2D eigenvalue weighted by molar-refractivity contribution is 9.10. The standard InChI is InChI=1S/C24H23FN2O2S.C15H11BrFN.C9H9FO.C6H7BrN2/c1-15-13-18(30(28,29)27(3)4)10-11-19(15)17-9-12-23-21(14-17)16(2)24(26-23)20-7-5-6-8-22(20)25;1-9-12-8-10(16)6-7-14(12)18-15(9)11-4-2-3-5-13(11)17;1-2-9(11)7-5-3-4-6-8(7)10;7-5-1-3-6(9-8)4-2-5/h5-14,26H,1-4H3;2-8,18H,1H3;3-6H,2H2,1H3;1-4,9H,8H2. The molecule has 2 aromatic heterocycles. The maximum Gasteiger partial charge on any atom is 0.242 e. The Morgan fingerprint density at radius 3 is 1.62 bits per heavy atom. The summed E-state index contributed by atoms with van der Waals surface area (Å²) >= 11 is 6.76. The van der Waals surface area contributed by atoms with E-state index in [1.54, 1.807) is 55.5 Å². The molecular weight excluding hydrogens is 1020 g/mol. The van der Waals surface area contributed by atoms with E-state index >= 15 is 0 Å². The minimum Gasteiger partial charge on any atom is -0.354 e. The van der Waals surface area contributed by atoms with E-state index in [0.29, 0.717) is 17.5 Å². The monoisotopic (exact) mass is 1060 g/mol. The molecule has 14 heteroatoms. The predicted molar refractivity (Wildman–Crippen MR) is 279 cm³/mol. The molecule has 2 heterocycles. The number of hydrogen-bond donors (Lipinski definition) is 4.